The Morgan fingerprint density at radius 3 is 2.52 bits per heavy atom. The van der Waals surface area contributed by atoms with Gasteiger partial charge in [0, 0.05) is 33.1 Å². The number of fused-ring (bicyclic) bond motifs is 1. The Morgan fingerprint density at radius 2 is 1.81 bits per heavy atom. The fraction of sp³-hybridized carbons (Fsp3) is 0.467. The van der Waals surface area contributed by atoms with Crippen molar-refractivity contribution in [3.05, 3.63) is 24.3 Å². The van der Waals surface area contributed by atoms with Crippen molar-refractivity contribution in [2.75, 3.05) is 38.0 Å². The monoisotopic (exact) mass is 289 g/mol. The summed E-state index contributed by atoms with van der Waals surface area (Å²) < 4.78 is 5.79. The maximum atomic E-state index is 12.5. The van der Waals surface area contributed by atoms with Crippen molar-refractivity contribution in [2.45, 2.75) is 13.0 Å². The molecule has 2 aliphatic rings. The first-order chi connectivity index (χ1) is 10.1. The van der Waals surface area contributed by atoms with Crippen molar-refractivity contribution in [3.63, 3.8) is 0 Å². The lowest BCUT2D eigenvalue weighted by atomic mass is 10.2. The van der Waals surface area contributed by atoms with Crippen LogP contribution in [-0.4, -0.2) is 60.4 Å². The highest BCUT2D eigenvalue weighted by Gasteiger charge is 2.31. The summed E-state index contributed by atoms with van der Waals surface area (Å²) in [7, 11) is 0. The average Bonchev–Trinajstić information content (AvgIpc) is 2.54. The second-order valence-corrected chi connectivity index (χ2v) is 5.31. The van der Waals surface area contributed by atoms with E-state index in [1.165, 1.54) is 0 Å². The highest BCUT2D eigenvalue weighted by molar-refractivity contribution is 5.83. The van der Waals surface area contributed by atoms with Gasteiger partial charge in [-0.15, -0.1) is 0 Å². The molecular weight excluding hydrogens is 270 g/mol. The zero-order chi connectivity index (χ0) is 14.8. The number of anilines is 1. The Kier molecular flexibility index (Phi) is 3.68. The van der Waals surface area contributed by atoms with Gasteiger partial charge in [0.25, 0.3) is 5.91 Å². The Bertz CT molecular complexity index is 553. The van der Waals surface area contributed by atoms with E-state index >= 15 is 0 Å². The predicted molar refractivity (Wildman–Crippen MR) is 78.2 cm³/mol. The Balaban J connectivity index is 1.61. The van der Waals surface area contributed by atoms with Gasteiger partial charge >= 0.3 is 0 Å². The van der Waals surface area contributed by atoms with Gasteiger partial charge in [-0.05, 0) is 12.1 Å². The molecule has 0 aliphatic carbocycles. The highest BCUT2D eigenvalue weighted by Crippen LogP contribution is 2.28. The van der Waals surface area contributed by atoms with Crippen LogP contribution in [0.5, 0.6) is 5.75 Å². The van der Waals surface area contributed by atoms with Crippen molar-refractivity contribution in [1.82, 2.24) is 9.80 Å². The van der Waals surface area contributed by atoms with Crippen molar-refractivity contribution in [2.24, 2.45) is 0 Å². The molecule has 6 nitrogen and oxygen atoms in total. The van der Waals surface area contributed by atoms with E-state index < -0.39 is 6.10 Å². The van der Waals surface area contributed by atoms with Gasteiger partial charge in [0.2, 0.25) is 5.91 Å². The minimum Gasteiger partial charge on any atom is -0.477 e. The average molecular weight is 289 g/mol. The molecule has 0 radical (unpaired) electrons. The third-order valence-electron chi connectivity index (χ3n) is 3.95. The lowest BCUT2D eigenvalue weighted by Crippen LogP contribution is -2.55. The zero-order valence-corrected chi connectivity index (χ0v) is 12.0. The number of hydrogen-bond acceptors (Lipinski definition) is 4. The first kappa shape index (κ1) is 13.7. The minimum absolute atomic E-state index is 0.0137. The molecule has 0 aromatic heterocycles. The maximum absolute atomic E-state index is 12.5. The van der Waals surface area contributed by atoms with Gasteiger partial charge in [0.15, 0.2) is 6.10 Å². The van der Waals surface area contributed by atoms with Gasteiger partial charge in [-0.2, -0.15) is 0 Å². The predicted octanol–water partition coefficient (Wildman–Crippen LogP) is 0.550. The van der Waals surface area contributed by atoms with E-state index in [9.17, 15) is 9.59 Å². The Labute approximate surface area is 123 Å². The second kappa shape index (κ2) is 5.63. The number of benzene rings is 1. The van der Waals surface area contributed by atoms with Crippen LogP contribution in [0.3, 0.4) is 0 Å². The van der Waals surface area contributed by atoms with Gasteiger partial charge in [-0.3, -0.25) is 9.59 Å². The lowest BCUT2D eigenvalue weighted by molar-refractivity contribution is -0.143. The number of ether oxygens (including phenoxy) is 1. The van der Waals surface area contributed by atoms with Crippen LogP contribution >= 0.6 is 0 Å². The Hall–Kier alpha value is -2.24. The second-order valence-electron chi connectivity index (χ2n) is 5.31. The lowest BCUT2D eigenvalue weighted by Gasteiger charge is -2.37. The van der Waals surface area contributed by atoms with Crippen LogP contribution in [0.15, 0.2) is 24.3 Å². The van der Waals surface area contributed by atoms with Crippen molar-refractivity contribution < 1.29 is 14.3 Å². The molecular formula is C15H19N3O3. The summed E-state index contributed by atoms with van der Waals surface area (Å²) in [5.41, 5.74) is 0.919. The fourth-order valence-corrected chi connectivity index (χ4v) is 2.70. The van der Waals surface area contributed by atoms with Gasteiger partial charge in [0.05, 0.1) is 12.2 Å². The zero-order valence-electron chi connectivity index (χ0n) is 12.0. The first-order valence-electron chi connectivity index (χ1n) is 7.19. The number of amides is 2. The number of rotatable bonds is 1. The van der Waals surface area contributed by atoms with E-state index in [2.05, 4.69) is 5.32 Å². The van der Waals surface area contributed by atoms with E-state index in [0.29, 0.717) is 38.5 Å². The standard InChI is InChI=1S/C15H19N3O3/c1-11(19)17-6-8-18(9-7-17)15(20)14-10-16-12-4-2-3-5-13(12)21-14/h2-5,14,16H,6-10H2,1H3. The third kappa shape index (κ3) is 2.79. The largest absolute Gasteiger partial charge is 0.477 e. The van der Waals surface area contributed by atoms with E-state index in [0.717, 1.165) is 5.69 Å². The van der Waals surface area contributed by atoms with Crippen LogP contribution < -0.4 is 10.1 Å². The molecule has 3 rings (SSSR count). The molecule has 0 bridgehead atoms. The number of hydrogen-bond donors (Lipinski definition) is 1. The van der Waals surface area contributed by atoms with Crippen LogP contribution in [0.1, 0.15) is 6.92 Å². The quantitative estimate of drug-likeness (QED) is 0.820. The van der Waals surface area contributed by atoms with Crippen LogP contribution in [0.25, 0.3) is 0 Å². The minimum atomic E-state index is -0.497. The molecule has 112 valence electrons. The summed E-state index contributed by atoms with van der Waals surface area (Å²) in [4.78, 5) is 27.3. The summed E-state index contributed by atoms with van der Waals surface area (Å²) in [6, 6.07) is 7.61. The number of nitrogens with one attached hydrogen (secondary N) is 1. The van der Waals surface area contributed by atoms with Gasteiger partial charge in [-0.1, -0.05) is 12.1 Å². The number of piperazine rings is 1. The topological polar surface area (TPSA) is 61.9 Å². The Morgan fingerprint density at radius 1 is 1.14 bits per heavy atom. The number of para-hydroxylation sites is 2. The molecule has 2 heterocycles. The molecule has 1 unspecified atom stereocenters. The SMILES string of the molecule is CC(=O)N1CCN(C(=O)C2CNc3ccccc3O2)CC1. The van der Waals surface area contributed by atoms with E-state index in [4.69, 9.17) is 4.74 Å². The molecule has 0 saturated carbocycles. The van der Waals surface area contributed by atoms with E-state index in [1.54, 1.807) is 16.7 Å². The molecule has 21 heavy (non-hydrogen) atoms. The van der Waals surface area contributed by atoms with Crippen molar-refractivity contribution in [1.29, 1.82) is 0 Å². The normalized spacial score (nSPS) is 21.1. The summed E-state index contributed by atoms with van der Waals surface area (Å²) in [6.07, 6.45) is -0.497. The molecule has 2 aliphatic heterocycles. The maximum Gasteiger partial charge on any atom is 0.265 e. The summed E-state index contributed by atoms with van der Waals surface area (Å²) in [5, 5.41) is 3.22. The smallest absolute Gasteiger partial charge is 0.265 e. The molecule has 0 spiro atoms. The number of carbonyl (C=O) groups is 2. The summed E-state index contributed by atoms with van der Waals surface area (Å²) >= 11 is 0. The van der Waals surface area contributed by atoms with E-state index in [1.807, 2.05) is 24.3 Å². The molecule has 1 atom stereocenters. The number of carbonyl (C=O) groups excluding carboxylic acids is 2. The van der Waals surface area contributed by atoms with Crippen LogP contribution in [-0.2, 0) is 9.59 Å². The van der Waals surface area contributed by atoms with Gasteiger partial charge < -0.3 is 19.9 Å². The molecule has 1 aromatic carbocycles. The van der Waals surface area contributed by atoms with Gasteiger partial charge in [-0.25, -0.2) is 0 Å². The van der Waals surface area contributed by atoms with Crippen LogP contribution in [0.2, 0.25) is 0 Å². The highest BCUT2D eigenvalue weighted by atomic mass is 16.5. The molecule has 1 aromatic rings. The molecule has 1 N–H and O–H groups in total. The molecule has 1 fully saturated rings. The molecule has 2 amide bonds. The number of nitrogens with zero attached hydrogens (tertiary/aromatic N) is 2. The van der Waals surface area contributed by atoms with Crippen LogP contribution in [0, 0.1) is 0 Å². The van der Waals surface area contributed by atoms with Gasteiger partial charge in [0.1, 0.15) is 5.75 Å². The molecule has 6 heteroatoms. The molecule has 1 saturated heterocycles. The van der Waals surface area contributed by atoms with E-state index in [-0.39, 0.29) is 11.8 Å². The van der Waals surface area contributed by atoms with Crippen LogP contribution in [0.4, 0.5) is 5.69 Å². The van der Waals surface area contributed by atoms with Crippen molar-refractivity contribution in [3.8, 4) is 5.75 Å². The fourth-order valence-electron chi connectivity index (χ4n) is 2.70. The van der Waals surface area contributed by atoms with Crippen molar-refractivity contribution >= 4 is 17.5 Å². The summed E-state index contributed by atoms with van der Waals surface area (Å²) in [5.74, 6) is 0.760. The third-order valence-corrected chi connectivity index (χ3v) is 3.95. The summed E-state index contributed by atoms with van der Waals surface area (Å²) in [6.45, 7) is 4.36. The first-order valence-corrected chi connectivity index (χ1v) is 7.19.